The number of benzene rings is 1. The summed E-state index contributed by atoms with van der Waals surface area (Å²) in [5.41, 5.74) is 2.63. The first-order valence-corrected chi connectivity index (χ1v) is 6.94. The van der Waals surface area contributed by atoms with E-state index in [1.807, 2.05) is 37.1 Å². The molecular weight excluding hydrogens is 258 g/mol. The van der Waals surface area contributed by atoms with Crippen LogP contribution in [0.4, 0.5) is 0 Å². The van der Waals surface area contributed by atoms with E-state index in [2.05, 4.69) is 28.7 Å². The Morgan fingerprint density at radius 3 is 2.63 bits per heavy atom. The molecule has 2 rings (SSSR count). The number of nitrogens with one attached hydrogen (secondary N) is 1. The van der Waals surface area contributed by atoms with Crippen molar-refractivity contribution < 1.29 is 0 Å². The summed E-state index contributed by atoms with van der Waals surface area (Å²) < 4.78 is 1.85. The standard InChI is InChI=1S/C15H20ClN3/c1-17-10-14(13-5-7-15(16)8-6-13)4-3-12-9-18-19(2)11-12/h5-9,11,14,17H,3-4,10H2,1-2H3. The summed E-state index contributed by atoms with van der Waals surface area (Å²) in [6.07, 6.45) is 6.17. The molecule has 1 heterocycles. The largest absolute Gasteiger partial charge is 0.319 e. The van der Waals surface area contributed by atoms with Gasteiger partial charge >= 0.3 is 0 Å². The van der Waals surface area contributed by atoms with Crippen LogP contribution in [0.15, 0.2) is 36.7 Å². The van der Waals surface area contributed by atoms with E-state index < -0.39 is 0 Å². The van der Waals surface area contributed by atoms with E-state index in [0.717, 1.165) is 24.4 Å². The van der Waals surface area contributed by atoms with Crippen molar-refractivity contribution in [2.45, 2.75) is 18.8 Å². The molecule has 3 nitrogen and oxygen atoms in total. The summed E-state index contributed by atoms with van der Waals surface area (Å²) in [6.45, 7) is 0.974. The van der Waals surface area contributed by atoms with Crippen LogP contribution in [0, 0.1) is 0 Å². The van der Waals surface area contributed by atoms with Crippen molar-refractivity contribution in [1.29, 1.82) is 0 Å². The van der Waals surface area contributed by atoms with Gasteiger partial charge < -0.3 is 5.32 Å². The van der Waals surface area contributed by atoms with Crippen molar-refractivity contribution in [1.82, 2.24) is 15.1 Å². The quantitative estimate of drug-likeness (QED) is 0.880. The first-order valence-electron chi connectivity index (χ1n) is 6.56. The first-order chi connectivity index (χ1) is 9.19. The van der Waals surface area contributed by atoms with E-state index in [0.29, 0.717) is 5.92 Å². The molecule has 2 aromatic rings. The van der Waals surface area contributed by atoms with Gasteiger partial charge in [0.1, 0.15) is 0 Å². The van der Waals surface area contributed by atoms with Gasteiger partial charge in [-0.3, -0.25) is 4.68 Å². The van der Waals surface area contributed by atoms with Crippen LogP contribution in [-0.4, -0.2) is 23.4 Å². The summed E-state index contributed by atoms with van der Waals surface area (Å²) in [4.78, 5) is 0. The molecule has 0 spiro atoms. The normalized spacial score (nSPS) is 12.6. The van der Waals surface area contributed by atoms with Crippen LogP contribution in [0.1, 0.15) is 23.5 Å². The van der Waals surface area contributed by atoms with Gasteiger partial charge in [-0.2, -0.15) is 5.10 Å². The monoisotopic (exact) mass is 277 g/mol. The number of hydrogen-bond acceptors (Lipinski definition) is 2. The van der Waals surface area contributed by atoms with Crippen molar-refractivity contribution in [2.75, 3.05) is 13.6 Å². The fourth-order valence-corrected chi connectivity index (χ4v) is 2.44. The van der Waals surface area contributed by atoms with Crippen LogP contribution in [-0.2, 0) is 13.5 Å². The van der Waals surface area contributed by atoms with Crippen molar-refractivity contribution in [2.24, 2.45) is 7.05 Å². The zero-order chi connectivity index (χ0) is 13.7. The highest BCUT2D eigenvalue weighted by molar-refractivity contribution is 6.30. The first kappa shape index (κ1) is 14.1. The molecule has 0 radical (unpaired) electrons. The molecule has 4 heteroatoms. The molecule has 0 aliphatic rings. The Balaban J connectivity index is 2.01. The second-order valence-electron chi connectivity index (χ2n) is 4.87. The maximum absolute atomic E-state index is 5.94. The van der Waals surface area contributed by atoms with Gasteiger partial charge in [-0.25, -0.2) is 0 Å². The number of halogens is 1. The van der Waals surface area contributed by atoms with E-state index in [-0.39, 0.29) is 0 Å². The van der Waals surface area contributed by atoms with Gasteiger partial charge in [0, 0.05) is 24.8 Å². The van der Waals surface area contributed by atoms with Crippen molar-refractivity contribution >= 4 is 11.6 Å². The SMILES string of the molecule is CNCC(CCc1cnn(C)c1)c1ccc(Cl)cc1. The molecule has 0 fully saturated rings. The third-order valence-corrected chi connectivity index (χ3v) is 3.58. The second kappa shape index (κ2) is 6.73. The molecule has 102 valence electrons. The topological polar surface area (TPSA) is 29.9 Å². The lowest BCUT2D eigenvalue weighted by atomic mass is 9.93. The van der Waals surface area contributed by atoms with E-state index in [1.54, 1.807) is 0 Å². The molecule has 0 saturated carbocycles. The fraction of sp³-hybridized carbons (Fsp3) is 0.400. The highest BCUT2D eigenvalue weighted by Gasteiger charge is 2.11. The summed E-state index contributed by atoms with van der Waals surface area (Å²) in [6, 6.07) is 8.16. The lowest BCUT2D eigenvalue weighted by molar-refractivity contribution is 0.584. The van der Waals surface area contributed by atoms with Gasteiger partial charge in [0.05, 0.1) is 6.20 Å². The van der Waals surface area contributed by atoms with Gasteiger partial charge in [0.25, 0.3) is 0 Å². The van der Waals surface area contributed by atoms with Crippen molar-refractivity contribution in [3.8, 4) is 0 Å². The summed E-state index contributed by atoms with van der Waals surface area (Å²) in [5, 5.41) is 8.27. The third-order valence-electron chi connectivity index (χ3n) is 3.33. The Labute approximate surface area is 119 Å². The summed E-state index contributed by atoms with van der Waals surface area (Å²) >= 11 is 5.94. The minimum Gasteiger partial charge on any atom is -0.319 e. The predicted molar refractivity (Wildman–Crippen MR) is 79.6 cm³/mol. The van der Waals surface area contributed by atoms with Crippen molar-refractivity contribution in [3.05, 3.63) is 52.8 Å². The second-order valence-corrected chi connectivity index (χ2v) is 5.30. The van der Waals surface area contributed by atoms with Gasteiger partial charge in [0.2, 0.25) is 0 Å². The van der Waals surface area contributed by atoms with Crippen LogP contribution in [0.5, 0.6) is 0 Å². The lowest BCUT2D eigenvalue weighted by Gasteiger charge is -2.16. The molecule has 1 aromatic heterocycles. The van der Waals surface area contributed by atoms with Crippen LogP contribution in [0.3, 0.4) is 0 Å². The molecule has 0 aliphatic carbocycles. The van der Waals surface area contributed by atoms with E-state index in [1.165, 1.54) is 11.1 Å². The zero-order valence-electron chi connectivity index (χ0n) is 11.4. The van der Waals surface area contributed by atoms with Crippen LogP contribution in [0.2, 0.25) is 5.02 Å². The molecule has 0 bridgehead atoms. The van der Waals surface area contributed by atoms with E-state index in [9.17, 15) is 0 Å². The van der Waals surface area contributed by atoms with Gasteiger partial charge in [0.15, 0.2) is 0 Å². The number of rotatable bonds is 6. The Kier molecular flexibility index (Phi) is 5.00. The molecule has 19 heavy (non-hydrogen) atoms. The number of hydrogen-bond donors (Lipinski definition) is 1. The number of aryl methyl sites for hydroxylation is 2. The van der Waals surface area contributed by atoms with Crippen LogP contribution >= 0.6 is 11.6 Å². The third kappa shape index (κ3) is 4.08. The van der Waals surface area contributed by atoms with Crippen molar-refractivity contribution in [3.63, 3.8) is 0 Å². The van der Waals surface area contributed by atoms with E-state index in [4.69, 9.17) is 11.6 Å². The molecule has 0 saturated heterocycles. The average Bonchev–Trinajstić information content (AvgIpc) is 2.81. The molecule has 0 aliphatic heterocycles. The maximum Gasteiger partial charge on any atom is 0.0521 e. The summed E-state index contributed by atoms with van der Waals surface area (Å²) in [7, 11) is 3.95. The molecule has 1 N–H and O–H groups in total. The zero-order valence-corrected chi connectivity index (χ0v) is 12.2. The Bertz CT molecular complexity index is 504. The smallest absolute Gasteiger partial charge is 0.0521 e. The average molecular weight is 278 g/mol. The molecule has 0 amide bonds. The minimum absolute atomic E-state index is 0.502. The van der Waals surface area contributed by atoms with E-state index >= 15 is 0 Å². The Morgan fingerprint density at radius 2 is 2.05 bits per heavy atom. The highest BCUT2D eigenvalue weighted by atomic mass is 35.5. The van der Waals surface area contributed by atoms with Gasteiger partial charge in [-0.05, 0) is 49.1 Å². The fourth-order valence-electron chi connectivity index (χ4n) is 2.31. The number of likely N-dealkylation sites (N-methyl/N-ethyl adjacent to an activating group) is 1. The Morgan fingerprint density at radius 1 is 1.32 bits per heavy atom. The van der Waals surface area contributed by atoms with Gasteiger partial charge in [-0.15, -0.1) is 0 Å². The van der Waals surface area contributed by atoms with Gasteiger partial charge in [-0.1, -0.05) is 23.7 Å². The molecule has 1 aromatic carbocycles. The molecular formula is C15H20ClN3. The Hall–Kier alpha value is -1.32. The van der Waals surface area contributed by atoms with Crippen LogP contribution < -0.4 is 5.32 Å². The van der Waals surface area contributed by atoms with Crippen LogP contribution in [0.25, 0.3) is 0 Å². The molecule has 1 unspecified atom stereocenters. The number of aromatic nitrogens is 2. The predicted octanol–water partition coefficient (Wildman–Crippen LogP) is 3.01. The maximum atomic E-state index is 5.94. The lowest BCUT2D eigenvalue weighted by Crippen LogP contribution is -2.17. The highest BCUT2D eigenvalue weighted by Crippen LogP contribution is 2.22. The molecule has 1 atom stereocenters. The number of nitrogens with zero attached hydrogens (tertiary/aromatic N) is 2. The minimum atomic E-state index is 0.502. The summed E-state index contributed by atoms with van der Waals surface area (Å²) in [5.74, 6) is 0.502.